The lowest BCUT2D eigenvalue weighted by Crippen LogP contribution is -1.79. The van der Waals surface area contributed by atoms with E-state index in [9.17, 15) is 9.50 Å². The Balaban J connectivity index is 3.03. The number of rotatable bonds is 0. The first-order valence-corrected chi connectivity index (χ1v) is 1.93. The van der Waals surface area contributed by atoms with E-state index in [4.69, 9.17) is 0 Å². The van der Waals surface area contributed by atoms with Crippen LogP contribution in [-0.4, -0.2) is 9.97 Å². The highest BCUT2D eigenvalue weighted by Gasteiger charge is 1.91. The van der Waals surface area contributed by atoms with Crippen LogP contribution < -0.4 is 0 Å². The van der Waals surface area contributed by atoms with Gasteiger partial charge in [0, 0.05) is 0 Å². The summed E-state index contributed by atoms with van der Waals surface area (Å²) in [4.78, 5) is 6.07. The minimum absolute atomic E-state index is 0.593. The minimum Gasteiger partial charge on any atom is -0.244 e. The van der Waals surface area contributed by atoms with E-state index in [1.165, 1.54) is 0 Å². The van der Waals surface area contributed by atoms with E-state index < -0.39 is 11.8 Å². The Morgan fingerprint density at radius 1 is 1.38 bits per heavy atom. The lowest BCUT2D eigenvalue weighted by atomic mass is 10.6. The topological polar surface area (TPSA) is 45.7 Å². The first kappa shape index (κ1) is 4.96. The molecule has 1 rings (SSSR count). The molecule has 0 amide bonds. The highest BCUT2D eigenvalue weighted by molar-refractivity contribution is 4.92. The molecule has 41 valence electrons. The lowest BCUT2D eigenvalue weighted by Gasteiger charge is -1.81. The Kier molecular flexibility index (Phi) is 1.07. The molecule has 1 aromatic heterocycles. The molecule has 0 aliphatic rings. The van der Waals surface area contributed by atoms with E-state index in [1.807, 2.05) is 0 Å². The zero-order chi connectivity index (χ0) is 5.98. The van der Waals surface area contributed by atoms with Gasteiger partial charge in [-0.05, 0) is 0 Å². The van der Waals surface area contributed by atoms with E-state index >= 15 is 0 Å². The molecule has 8 heavy (non-hydrogen) atoms. The summed E-state index contributed by atoms with van der Waals surface area (Å²) in [5, 5.41) is 10.0. The summed E-state index contributed by atoms with van der Waals surface area (Å²) in [6, 6.07) is -0.661. The molecule has 0 atom stereocenters. The normalized spacial score (nSPS) is 9.12. The Labute approximate surface area is 44.8 Å². The molecule has 0 fully saturated rings. The Morgan fingerprint density at radius 3 is 2.25 bits per heavy atom. The van der Waals surface area contributed by atoms with Crippen LogP contribution in [0.3, 0.4) is 0 Å². The van der Waals surface area contributed by atoms with E-state index in [-0.39, 0.29) is 0 Å². The van der Waals surface area contributed by atoms with Crippen molar-refractivity contribution < 1.29 is 9.50 Å². The van der Waals surface area contributed by atoms with Gasteiger partial charge in [-0.3, -0.25) is 0 Å². The molecule has 1 heterocycles. The molecule has 3 nitrogen and oxygen atoms in total. The van der Waals surface area contributed by atoms with Gasteiger partial charge in [0.2, 0.25) is 0 Å². The van der Waals surface area contributed by atoms with Gasteiger partial charge in [-0.25, -0.2) is 9.50 Å². The van der Waals surface area contributed by atoms with Crippen molar-refractivity contribution >= 4 is 0 Å². The standard InChI is InChI=1S/C4H2FN2O/c5-3-1-6-4(8)7-2-3/h1-2H. The first-order valence-electron chi connectivity index (χ1n) is 1.93. The fourth-order valence-electron chi connectivity index (χ4n) is 0.300. The van der Waals surface area contributed by atoms with Crippen LogP contribution in [-0.2, 0) is 5.11 Å². The smallest absolute Gasteiger partial charge is 0.244 e. The van der Waals surface area contributed by atoms with Gasteiger partial charge in [-0.2, -0.15) is 9.97 Å². The molecule has 1 aromatic rings. The van der Waals surface area contributed by atoms with Gasteiger partial charge in [-0.1, -0.05) is 0 Å². The van der Waals surface area contributed by atoms with Gasteiger partial charge in [0.15, 0.2) is 5.82 Å². The molecule has 0 aliphatic heterocycles. The predicted octanol–water partition coefficient (Wildman–Crippen LogP) is 0.759. The molecule has 0 bridgehead atoms. The fraction of sp³-hybridized carbons (Fsp3) is 0. The van der Waals surface area contributed by atoms with Gasteiger partial charge in [-0.15, -0.1) is 0 Å². The third-order valence-corrected chi connectivity index (χ3v) is 0.597. The summed E-state index contributed by atoms with van der Waals surface area (Å²) in [5.41, 5.74) is 0. The molecule has 0 aromatic carbocycles. The van der Waals surface area contributed by atoms with Crippen LogP contribution in [0, 0.1) is 5.82 Å². The Morgan fingerprint density at radius 2 is 1.88 bits per heavy atom. The van der Waals surface area contributed by atoms with E-state index in [1.54, 1.807) is 0 Å². The van der Waals surface area contributed by atoms with Crippen molar-refractivity contribution in [2.24, 2.45) is 0 Å². The number of nitrogens with zero attached hydrogens (tertiary/aromatic N) is 2. The quantitative estimate of drug-likeness (QED) is 0.498. The largest absolute Gasteiger partial charge is 0.367 e. The third-order valence-electron chi connectivity index (χ3n) is 0.597. The van der Waals surface area contributed by atoms with Crippen molar-refractivity contribution in [1.29, 1.82) is 0 Å². The predicted molar refractivity (Wildman–Crippen MR) is 22.1 cm³/mol. The van der Waals surface area contributed by atoms with Crippen LogP contribution in [0.5, 0.6) is 6.01 Å². The second-order valence-electron chi connectivity index (χ2n) is 1.18. The summed E-state index contributed by atoms with van der Waals surface area (Å²) < 4.78 is 11.8. The fourth-order valence-corrected chi connectivity index (χ4v) is 0.300. The first-order chi connectivity index (χ1) is 3.79. The summed E-state index contributed by atoms with van der Waals surface area (Å²) in [5.74, 6) is -0.593. The Hall–Kier alpha value is -1.19. The second kappa shape index (κ2) is 1.73. The maximum atomic E-state index is 11.8. The number of halogens is 1. The summed E-state index contributed by atoms with van der Waals surface area (Å²) >= 11 is 0. The molecule has 0 saturated heterocycles. The monoisotopic (exact) mass is 113 g/mol. The van der Waals surface area contributed by atoms with Crippen molar-refractivity contribution in [3.8, 4) is 6.01 Å². The molecule has 0 unspecified atom stereocenters. The molecule has 0 aliphatic carbocycles. The van der Waals surface area contributed by atoms with E-state index in [0.29, 0.717) is 0 Å². The van der Waals surface area contributed by atoms with Gasteiger partial charge >= 0.3 is 6.01 Å². The molecule has 0 spiro atoms. The zero-order valence-corrected chi connectivity index (χ0v) is 3.84. The van der Waals surface area contributed by atoms with Crippen molar-refractivity contribution in [3.05, 3.63) is 18.2 Å². The Bertz CT molecular complexity index is 153. The zero-order valence-electron chi connectivity index (χ0n) is 3.84. The van der Waals surface area contributed by atoms with Gasteiger partial charge < -0.3 is 0 Å². The number of hydrogen-bond donors (Lipinski definition) is 0. The van der Waals surface area contributed by atoms with Crippen molar-refractivity contribution in [2.45, 2.75) is 0 Å². The molecule has 0 saturated carbocycles. The van der Waals surface area contributed by atoms with Crippen LogP contribution in [0.1, 0.15) is 0 Å². The minimum atomic E-state index is -0.661. The highest BCUT2D eigenvalue weighted by atomic mass is 19.1. The summed E-state index contributed by atoms with van der Waals surface area (Å²) in [6.07, 6.45) is 1.66. The second-order valence-corrected chi connectivity index (χ2v) is 1.18. The SMILES string of the molecule is [O]c1ncc(F)cn1. The number of aromatic nitrogens is 2. The van der Waals surface area contributed by atoms with Crippen LogP contribution in [0.4, 0.5) is 4.39 Å². The van der Waals surface area contributed by atoms with Gasteiger partial charge in [0.25, 0.3) is 0 Å². The number of hydrogen-bond acceptors (Lipinski definition) is 2. The van der Waals surface area contributed by atoms with Crippen molar-refractivity contribution in [3.63, 3.8) is 0 Å². The lowest BCUT2D eigenvalue weighted by molar-refractivity contribution is 0.316. The van der Waals surface area contributed by atoms with Crippen LogP contribution >= 0.6 is 0 Å². The summed E-state index contributed by atoms with van der Waals surface area (Å²) in [7, 11) is 0. The molecule has 0 N–H and O–H groups in total. The van der Waals surface area contributed by atoms with Gasteiger partial charge in [0.1, 0.15) is 0 Å². The van der Waals surface area contributed by atoms with E-state index in [2.05, 4.69) is 9.97 Å². The van der Waals surface area contributed by atoms with E-state index in [0.717, 1.165) is 12.4 Å². The van der Waals surface area contributed by atoms with Crippen molar-refractivity contribution in [1.82, 2.24) is 9.97 Å². The third kappa shape index (κ3) is 0.900. The molecular formula is C4H2FN2O. The average Bonchev–Trinajstić information content (AvgIpc) is 1.77. The van der Waals surface area contributed by atoms with Gasteiger partial charge in [0.05, 0.1) is 12.4 Å². The maximum Gasteiger partial charge on any atom is 0.367 e. The van der Waals surface area contributed by atoms with Crippen LogP contribution in [0.2, 0.25) is 0 Å². The van der Waals surface area contributed by atoms with Crippen LogP contribution in [0.25, 0.3) is 0 Å². The average molecular weight is 113 g/mol. The molecule has 1 radical (unpaired) electrons. The van der Waals surface area contributed by atoms with Crippen LogP contribution in [0.15, 0.2) is 12.4 Å². The molecular weight excluding hydrogens is 111 g/mol. The highest BCUT2D eigenvalue weighted by Crippen LogP contribution is 1.96. The maximum absolute atomic E-state index is 11.8. The summed E-state index contributed by atoms with van der Waals surface area (Å²) in [6.45, 7) is 0. The molecule has 4 heteroatoms. The van der Waals surface area contributed by atoms with Crippen molar-refractivity contribution in [2.75, 3.05) is 0 Å².